The number of nitrogens with one attached hydrogen (secondary N) is 1. The van der Waals surface area contributed by atoms with Crippen molar-refractivity contribution in [3.05, 3.63) is 28.3 Å². The average Bonchev–Trinajstić information content (AvgIpc) is 2.39. The first kappa shape index (κ1) is 16.4. The van der Waals surface area contributed by atoms with Gasteiger partial charge >= 0.3 is 0 Å². The maximum absolute atomic E-state index is 12.4. The number of rotatable bonds is 7. The minimum Gasteiger partial charge on any atom is -0.385 e. The lowest BCUT2D eigenvalue weighted by Crippen LogP contribution is -2.31. The van der Waals surface area contributed by atoms with E-state index in [0.717, 1.165) is 0 Å². The fourth-order valence-corrected chi connectivity index (χ4v) is 3.49. The van der Waals surface area contributed by atoms with Crippen LogP contribution in [0.4, 0.5) is 11.4 Å². The molecule has 0 atom stereocenters. The number of benzene rings is 1. The smallest absolute Gasteiger partial charge is 0.291 e. The Morgan fingerprint density at radius 2 is 1.85 bits per heavy atom. The Kier molecular flexibility index (Phi) is 5.46. The number of hydrogen-bond donors (Lipinski definition) is 1. The van der Waals surface area contributed by atoms with E-state index in [9.17, 15) is 18.5 Å². The molecule has 0 bridgehead atoms. The van der Waals surface area contributed by atoms with E-state index in [1.165, 1.54) is 22.5 Å². The van der Waals surface area contributed by atoms with Crippen LogP contribution in [0.3, 0.4) is 0 Å². The van der Waals surface area contributed by atoms with Crippen LogP contribution in [0.2, 0.25) is 0 Å². The quantitative estimate of drug-likeness (QED) is 0.614. The lowest BCUT2D eigenvalue weighted by atomic mass is 10.3. The van der Waals surface area contributed by atoms with Crippen LogP contribution in [-0.4, -0.2) is 37.3 Å². The van der Waals surface area contributed by atoms with Crippen molar-refractivity contribution >= 4 is 21.4 Å². The third-order valence-corrected chi connectivity index (χ3v) is 4.96. The SMILES string of the molecule is CCNc1ccc(S(=O)(=O)N(CC)CC)c([N+](=O)[O-])c1. The highest BCUT2D eigenvalue weighted by Crippen LogP contribution is 2.29. The van der Waals surface area contributed by atoms with E-state index in [-0.39, 0.29) is 18.0 Å². The summed E-state index contributed by atoms with van der Waals surface area (Å²) in [5.74, 6) is 0. The standard InChI is InChI=1S/C12H19N3O4S/c1-4-13-10-7-8-12(11(9-10)15(16)17)20(18,19)14(5-2)6-3/h7-9,13H,4-6H2,1-3H3. The maximum Gasteiger partial charge on any atom is 0.291 e. The first-order valence-electron chi connectivity index (χ1n) is 6.40. The number of anilines is 1. The normalized spacial score (nSPS) is 11.6. The summed E-state index contributed by atoms with van der Waals surface area (Å²) < 4.78 is 26.0. The van der Waals surface area contributed by atoms with E-state index in [0.29, 0.717) is 12.2 Å². The summed E-state index contributed by atoms with van der Waals surface area (Å²) in [5, 5.41) is 14.0. The molecule has 1 N–H and O–H groups in total. The van der Waals surface area contributed by atoms with Crippen molar-refractivity contribution in [1.82, 2.24) is 4.31 Å². The molecule has 0 spiro atoms. The van der Waals surface area contributed by atoms with Crippen molar-refractivity contribution in [2.24, 2.45) is 0 Å². The van der Waals surface area contributed by atoms with Gasteiger partial charge in [0.05, 0.1) is 4.92 Å². The summed E-state index contributed by atoms with van der Waals surface area (Å²) in [4.78, 5) is 10.2. The van der Waals surface area contributed by atoms with E-state index < -0.39 is 20.6 Å². The van der Waals surface area contributed by atoms with Crippen molar-refractivity contribution in [1.29, 1.82) is 0 Å². The average molecular weight is 301 g/mol. The third kappa shape index (κ3) is 3.26. The van der Waals surface area contributed by atoms with E-state index in [4.69, 9.17) is 0 Å². The summed E-state index contributed by atoms with van der Waals surface area (Å²) in [5.41, 5.74) is 0.119. The van der Waals surface area contributed by atoms with Gasteiger partial charge in [0.1, 0.15) is 0 Å². The van der Waals surface area contributed by atoms with Crippen LogP contribution in [0, 0.1) is 10.1 Å². The van der Waals surface area contributed by atoms with Crippen molar-refractivity contribution in [2.45, 2.75) is 25.7 Å². The molecular weight excluding hydrogens is 282 g/mol. The van der Waals surface area contributed by atoms with Crippen molar-refractivity contribution in [3.63, 3.8) is 0 Å². The highest BCUT2D eigenvalue weighted by molar-refractivity contribution is 7.89. The fraction of sp³-hybridized carbons (Fsp3) is 0.500. The summed E-state index contributed by atoms with van der Waals surface area (Å²) in [7, 11) is -3.84. The van der Waals surface area contributed by atoms with E-state index in [1.807, 2.05) is 6.92 Å². The van der Waals surface area contributed by atoms with Crippen LogP contribution in [0.5, 0.6) is 0 Å². The van der Waals surface area contributed by atoms with Gasteiger partial charge in [0, 0.05) is 31.4 Å². The van der Waals surface area contributed by atoms with Crippen LogP contribution in [0.1, 0.15) is 20.8 Å². The molecule has 0 aliphatic carbocycles. The van der Waals surface area contributed by atoms with E-state index in [1.54, 1.807) is 13.8 Å². The molecule has 0 aliphatic rings. The molecule has 0 heterocycles. The molecule has 0 aliphatic heterocycles. The number of nitro groups is 1. The van der Waals surface area contributed by atoms with Crippen LogP contribution < -0.4 is 5.32 Å². The minimum atomic E-state index is -3.84. The number of hydrogen-bond acceptors (Lipinski definition) is 5. The van der Waals surface area contributed by atoms with Gasteiger partial charge in [-0.25, -0.2) is 8.42 Å². The molecule has 0 radical (unpaired) electrons. The highest BCUT2D eigenvalue weighted by atomic mass is 32.2. The van der Waals surface area contributed by atoms with Crippen molar-refractivity contribution in [3.8, 4) is 0 Å². The predicted molar refractivity (Wildman–Crippen MR) is 77.4 cm³/mol. The molecular formula is C12H19N3O4S. The maximum atomic E-state index is 12.4. The van der Waals surface area contributed by atoms with Gasteiger partial charge in [0.25, 0.3) is 5.69 Å². The van der Waals surface area contributed by atoms with Crippen molar-refractivity contribution in [2.75, 3.05) is 25.0 Å². The number of nitro benzene ring substituents is 1. The van der Waals surface area contributed by atoms with E-state index >= 15 is 0 Å². The van der Waals surface area contributed by atoms with E-state index in [2.05, 4.69) is 5.32 Å². The second kappa shape index (κ2) is 6.67. The molecule has 1 aromatic rings. The molecule has 1 aromatic carbocycles. The van der Waals surface area contributed by atoms with Gasteiger partial charge in [-0.05, 0) is 19.1 Å². The molecule has 7 nitrogen and oxygen atoms in total. The first-order valence-corrected chi connectivity index (χ1v) is 7.84. The Morgan fingerprint density at radius 3 is 2.30 bits per heavy atom. The fourth-order valence-electron chi connectivity index (χ4n) is 1.89. The zero-order chi connectivity index (χ0) is 15.3. The topological polar surface area (TPSA) is 92.6 Å². The molecule has 0 fully saturated rings. The number of nitrogens with zero attached hydrogens (tertiary/aromatic N) is 2. The summed E-state index contributed by atoms with van der Waals surface area (Å²) in [6.07, 6.45) is 0. The van der Waals surface area contributed by atoms with Crippen LogP contribution in [-0.2, 0) is 10.0 Å². The Hall–Kier alpha value is -1.67. The molecule has 0 saturated carbocycles. The van der Waals surface area contributed by atoms with Crippen LogP contribution >= 0.6 is 0 Å². The molecule has 0 unspecified atom stereocenters. The van der Waals surface area contributed by atoms with Crippen LogP contribution in [0.15, 0.2) is 23.1 Å². The highest BCUT2D eigenvalue weighted by Gasteiger charge is 2.30. The first-order chi connectivity index (χ1) is 9.38. The summed E-state index contributed by atoms with van der Waals surface area (Å²) >= 11 is 0. The molecule has 0 saturated heterocycles. The Labute approximate surface area is 118 Å². The predicted octanol–water partition coefficient (Wildman–Crippen LogP) is 2.06. The lowest BCUT2D eigenvalue weighted by Gasteiger charge is -2.18. The Morgan fingerprint density at radius 1 is 1.25 bits per heavy atom. The summed E-state index contributed by atoms with van der Waals surface area (Å²) in [6, 6.07) is 4.07. The number of sulfonamides is 1. The minimum absolute atomic E-state index is 0.269. The van der Waals surface area contributed by atoms with Crippen molar-refractivity contribution < 1.29 is 13.3 Å². The molecule has 1 rings (SSSR count). The lowest BCUT2D eigenvalue weighted by molar-refractivity contribution is -0.387. The second-order valence-electron chi connectivity index (χ2n) is 4.06. The molecule has 8 heteroatoms. The monoisotopic (exact) mass is 301 g/mol. The Balaban J connectivity index is 3.41. The molecule has 0 aromatic heterocycles. The van der Waals surface area contributed by atoms with Gasteiger partial charge in [0.15, 0.2) is 4.90 Å². The largest absolute Gasteiger partial charge is 0.385 e. The van der Waals surface area contributed by atoms with Crippen LogP contribution in [0.25, 0.3) is 0 Å². The zero-order valence-electron chi connectivity index (χ0n) is 11.8. The van der Waals surface area contributed by atoms with Gasteiger partial charge in [-0.2, -0.15) is 4.31 Å². The third-order valence-electron chi connectivity index (χ3n) is 2.86. The van der Waals surface area contributed by atoms with Gasteiger partial charge < -0.3 is 5.32 Å². The van der Waals surface area contributed by atoms with Gasteiger partial charge in [0.2, 0.25) is 10.0 Å². The van der Waals surface area contributed by atoms with Gasteiger partial charge in [-0.15, -0.1) is 0 Å². The van der Waals surface area contributed by atoms with Gasteiger partial charge in [-0.3, -0.25) is 10.1 Å². The zero-order valence-corrected chi connectivity index (χ0v) is 12.6. The van der Waals surface area contributed by atoms with Gasteiger partial charge in [-0.1, -0.05) is 13.8 Å². The second-order valence-corrected chi connectivity index (χ2v) is 5.97. The molecule has 0 amide bonds. The molecule has 20 heavy (non-hydrogen) atoms. The Bertz CT molecular complexity index is 582. The molecule has 112 valence electrons. The summed E-state index contributed by atoms with van der Waals surface area (Å²) in [6.45, 7) is 6.38.